The zero-order chi connectivity index (χ0) is 13.9. The van der Waals surface area contributed by atoms with Crippen molar-refractivity contribution in [2.24, 2.45) is 11.8 Å². The molecule has 1 aliphatic carbocycles. The number of piperazine rings is 1. The zero-order valence-electron chi connectivity index (χ0n) is 13.5. The second-order valence-electron chi connectivity index (χ2n) is 7.43. The molecule has 2 heterocycles. The van der Waals surface area contributed by atoms with Crippen molar-refractivity contribution < 1.29 is 0 Å². The highest BCUT2D eigenvalue weighted by atomic mass is 15.3. The van der Waals surface area contributed by atoms with Crippen LogP contribution in [0, 0.1) is 11.8 Å². The Morgan fingerprint density at radius 3 is 2.85 bits per heavy atom. The Labute approximate surface area is 125 Å². The van der Waals surface area contributed by atoms with Crippen molar-refractivity contribution in [2.45, 2.75) is 58.0 Å². The van der Waals surface area contributed by atoms with E-state index in [1.165, 1.54) is 64.8 Å². The van der Waals surface area contributed by atoms with Crippen molar-refractivity contribution in [2.75, 3.05) is 39.3 Å². The van der Waals surface area contributed by atoms with Crippen LogP contribution in [0.3, 0.4) is 0 Å². The average Bonchev–Trinajstić information content (AvgIpc) is 2.89. The summed E-state index contributed by atoms with van der Waals surface area (Å²) in [6.07, 6.45) is 7.11. The van der Waals surface area contributed by atoms with Crippen LogP contribution >= 0.6 is 0 Å². The van der Waals surface area contributed by atoms with Crippen molar-refractivity contribution in [3.8, 4) is 0 Å². The van der Waals surface area contributed by atoms with Crippen LogP contribution in [0.4, 0.5) is 0 Å². The Bertz CT molecular complexity index is 307. The van der Waals surface area contributed by atoms with E-state index in [0.29, 0.717) is 0 Å². The van der Waals surface area contributed by atoms with Gasteiger partial charge < -0.3 is 10.2 Å². The molecule has 0 aromatic heterocycles. The summed E-state index contributed by atoms with van der Waals surface area (Å²) in [5.41, 5.74) is 0. The van der Waals surface area contributed by atoms with E-state index in [2.05, 4.69) is 29.0 Å². The number of fused-ring (bicyclic) bond motifs is 1. The first-order valence-electron chi connectivity index (χ1n) is 8.96. The molecule has 4 atom stereocenters. The molecular formula is C17H33N3. The maximum absolute atomic E-state index is 3.75. The molecule has 3 aliphatic rings. The summed E-state index contributed by atoms with van der Waals surface area (Å²) >= 11 is 0. The van der Waals surface area contributed by atoms with E-state index < -0.39 is 0 Å². The number of nitrogens with one attached hydrogen (secondary N) is 1. The van der Waals surface area contributed by atoms with Crippen LogP contribution in [0.15, 0.2) is 0 Å². The van der Waals surface area contributed by atoms with Crippen molar-refractivity contribution in [3.63, 3.8) is 0 Å². The maximum Gasteiger partial charge on any atom is 0.0224 e. The van der Waals surface area contributed by atoms with Crippen LogP contribution in [0.1, 0.15) is 46.0 Å². The van der Waals surface area contributed by atoms with Gasteiger partial charge in [0.2, 0.25) is 0 Å². The van der Waals surface area contributed by atoms with Crippen LogP contribution in [0.25, 0.3) is 0 Å². The molecular weight excluding hydrogens is 246 g/mol. The first-order chi connectivity index (χ1) is 9.76. The van der Waals surface area contributed by atoms with Gasteiger partial charge in [0.25, 0.3) is 0 Å². The van der Waals surface area contributed by atoms with Crippen LogP contribution in [-0.2, 0) is 0 Å². The smallest absolute Gasteiger partial charge is 0.0224 e. The van der Waals surface area contributed by atoms with E-state index in [9.17, 15) is 0 Å². The Kier molecular flexibility index (Phi) is 5.00. The van der Waals surface area contributed by atoms with Gasteiger partial charge in [0.1, 0.15) is 0 Å². The minimum absolute atomic E-state index is 0.776. The van der Waals surface area contributed by atoms with E-state index in [-0.39, 0.29) is 0 Å². The van der Waals surface area contributed by atoms with Gasteiger partial charge in [-0.3, -0.25) is 4.90 Å². The molecule has 20 heavy (non-hydrogen) atoms. The fraction of sp³-hybridized carbons (Fsp3) is 1.00. The molecule has 1 N–H and O–H groups in total. The largest absolute Gasteiger partial charge is 0.314 e. The first-order valence-corrected chi connectivity index (χ1v) is 8.96. The molecule has 0 aromatic rings. The lowest BCUT2D eigenvalue weighted by Crippen LogP contribution is -2.53. The summed E-state index contributed by atoms with van der Waals surface area (Å²) in [6, 6.07) is 1.65. The molecule has 0 spiro atoms. The predicted molar refractivity (Wildman–Crippen MR) is 85.0 cm³/mol. The van der Waals surface area contributed by atoms with E-state index in [1.54, 1.807) is 0 Å². The molecule has 3 fully saturated rings. The summed E-state index contributed by atoms with van der Waals surface area (Å²) in [4.78, 5) is 5.50. The number of rotatable bonds is 4. The molecule has 1 saturated carbocycles. The lowest BCUT2D eigenvalue weighted by molar-refractivity contribution is 0.0717. The lowest BCUT2D eigenvalue weighted by atomic mass is 9.78. The third kappa shape index (κ3) is 3.37. The number of hydrogen-bond acceptors (Lipinski definition) is 3. The van der Waals surface area contributed by atoms with Gasteiger partial charge in [-0.15, -0.1) is 0 Å². The molecule has 0 radical (unpaired) electrons. The molecule has 3 rings (SSSR count). The highest BCUT2D eigenvalue weighted by Crippen LogP contribution is 2.31. The average molecular weight is 279 g/mol. The van der Waals surface area contributed by atoms with Gasteiger partial charge >= 0.3 is 0 Å². The summed E-state index contributed by atoms with van der Waals surface area (Å²) in [5.74, 6) is 1.81. The highest BCUT2D eigenvalue weighted by Gasteiger charge is 2.34. The SMILES string of the molecule is CCNC1CCC(C)CC1CN1CCN2CCCC2C1. The summed E-state index contributed by atoms with van der Waals surface area (Å²) < 4.78 is 0. The van der Waals surface area contributed by atoms with Crippen molar-refractivity contribution in [3.05, 3.63) is 0 Å². The Morgan fingerprint density at radius 2 is 2.00 bits per heavy atom. The highest BCUT2D eigenvalue weighted by molar-refractivity contribution is 4.90. The first kappa shape index (κ1) is 14.8. The van der Waals surface area contributed by atoms with Crippen LogP contribution in [-0.4, -0.2) is 61.2 Å². The third-order valence-electron chi connectivity index (χ3n) is 5.88. The van der Waals surface area contributed by atoms with Gasteiger partial charge in [-0.1, -0.05) is 13.8 Å². The Hall–Kier alpha value is -0.120. The maximum atomic E-state index is 3.75. The van der Waals surface area contributed by atoms with Gasteiger partial charge in [0, 0.05) is 38.3 Å². The predicted octanol–water partition coefficient (Wildman–Crippen LogP) is 2.18. The topological polar surface area (TPSA) is 18.5 Å². The van der Waals surface area contributed by atoms with Crippen molar-refractivity contribution >= 4 is 0 Å². The normalized spacial score (nSPS) is 39.9. The number of hydrogen-bond donors (Lipinski definition) is 1. The van der Waals surface area contributed by atoms with Gasteiger partial charge in [-0.2, -0.15) is 0 Å². The summed E-state index contributed by atoms with van der Waals surface area (Å²) in [6.45, 7) is 12.5. The molecule has 0 aromatic carbocycles. The summed E-state index contributed by atoms with van der Waals surface area (Å²) in [5, 5.41) is 3.75. The molecule has 3 heteroatoms. The summed E-state index contributed by atoms with van der Waals surface area (Å²) in [7, 11) is 0. The molecule has 3 nitrogen and oxygen atoms in total. The van der Waals surface area contributed by atoms with Gasteiger partial charge in [0.05, 0.1) is 0 Å². The molecule has 2 aliphatic heterocycles. The third-order valence-corrected chi connectivity index (χ3v) is 5.88. The second-order valence-corrected chi connectivity index (χ2v) is 7.43. The van der Waals surface area contributed by atoms with Crippen molar-refractivity contribution in [1.82, 2.24) is 15.1 Å². The minimum Gasteiger partial charge on any atom is -0.314 e. The van der Waals surface area contributed by atoms with Crippen LogP contribution in [0.2, 0.25) is 0 Å². The fourth-order valence-corrected chi connectivity index (χ4v) is 4.78. The molecule has 116 valence electrons. The van der Waals surface area contributed by atoms with E-state index in [1.807, 2.05) is 0 Å². The van der Waals surface area contributed by atoms with Gasteiger partial charge in [-0.25, -0.2) is 0 Å². The Balaban J connectivity index is 1.54. The Morgan fingerprint density at radius 1 is 1.10 bits per heavy atom. The van der Waals surface area contributed by atoms with Gasteiger partial charge in [0.15, 0.2) is 0 Å². The van der Waals surface area contributed by atoms with Gasteiger partial charge in [-0.05, 0) is 57.0 Å². The quantitative estimate of drug-likeness (QED) is 0.851. The molecule has 0 amide bonds. The van der Waals surface area contributed by atoms with E-state index >= 15 is 0 Å². The minimum atomic E-state index is 0.776. The fourth-order valence-electron chi connectivity index (χ4n) is 4.78. The second kappa shape index (κ2) is 6.76. The number of nitrogens with zero attached hydrogens (tertiary/aromatic N) is 2. The molecule has 4 unspecified atom stereocenters. The zero-order valence-corrected chi connectivity index (χ0v) is 13.5. The standard InChI is InChI=1S/C17H33N3/c1-3-18-17-7-6-14(2)11-15(17)12-19-9-10-20-8-4-5-16(20)13-19/h14-18H,3-13H2,1-2H3. The molecule has 2 saturated heterocycles. The molecule has 0 bridgehead atoms. The lowest BCUT2D eigenvalue weighted by Gasteiger charge is -2.42. The van der Waals surface area contributed by atoms with E-state index in [0.717, 1.165) is 30.5 Å². The van der Waals surface area contributed by atoms with Crippen molar-refractivity contribution in [1.29, 1.82) is 0 Å². The van der Waals surface area contributed by atoms with Crippen LogP contribution in [0.5, 0.6) is 0 Å². The monoisotopic (exact) mass is 279 g/mol. The van der Waals surface area contributed by atoms with Crippen LogP contribution < -0.4 is 5.32 Å². The van der Waals surface area contributed by atoms with E-state index in [4.69, 9.17) is 0 Å².